The molecule has 1 aliphatic heterocycles. The molecule has 1 aliphatic rings. The van der Waals surface area contributed by atoms with Gasteiger partial charge in [0.05, 0.1) is 7.11 Å². The summed E-state index contributed by atoms with van der Waals surface area (Å²) < 4.78 is 15.7. The van der Waals surface area contributed by atoms with E-state index in [1.807, 2.05) is 30.3 Å². The van der Waals surface area contributed by atoms with Crippen LogP contribution in [0.1, 0.15) is 5.56 Å². The number of carbonyl (C=O) groups is 2. The third kappa shape index (κ3) is 4.38. The highest BCUT2D eigenvalue weighted by atomic mass is 16.6. The zero-order valence-corrected chi connectivity index (χ0v) is 15.2. The Balaban J connectivity index is 1.71. The molecule has 0 radical (unpaired) electrons. The van der Waals surface area contributed by atoms with Crippen LogP contribution in [0.4, 0.5) is 5.69 Å². The van der Waals surface area contributed by atoms with Crippen molar-refractivity contribution in [2.24, 2.45) is 0 Å². The summed E-state index contributed by atoms with van der Waals surface area (Å²) in [5.74, 6) is -0.235. The normalized spacial score (nSPS) is 21.4. The molecule has 1 amide bonds. The van der Waals surface area contributed by atoms with E-state index in [0.29, 0.717) is 12.3 Å². The average Bonchev–Trinajstić information content (AvgIpc) is 3.02. The molecule has 27 heavy (non-hydrogen) atoms. The van der Waals surface area contributed by atoms with Crippen molar-refractivity contribution in [3.05, 3.63) is 60.2 Å². The SMILES string of the molecule is COc1ccc(N[C@H]2[C@@H](C(=O)NCc3ccccc3)OC(=O)[C@@H]2OC)cc1. The van der Waals surface area contributed by atoms with E-state index in [2.05, 4.69) is 10.6 Å². The number of rotatable bonds is 7. The Hall–Kier alpha value is -3.06. The van der Waals surface area contributed by atoms with Crippen LogP contribution in [-0.2, 0) is 25.6 Å². The van der Waals surface area contributed by atoms with E-state index >= 15 is 0 Å². The van der Waals surface area contributed by atoms with Crippen molar-refractivity contribution in [3.8, 4) is 5.75 Å². The monoisotopic (exact) mass is 370 g/mol. The van der Waals surface area contributed by atoms with Crippen molar-refractivity contribution < 1.29 is 23.8 Å². The van der Waals surface area contributed by atoms with Crippen molar-refractivity contribution in [1.29, 1.82) is 0 Å². The highest BCUT2D eigenvalue weighted by molar-refractivity contribution is 5.91. The van der Waals surface area contributed by atoms with Crippen molar-refractivity contribution in [2.75, 3.05) is 19.5 Å². The summed E-state index contributed by atoms with van der Waals surface area (Å²) >= 11 is 0. The van der Waals surface area contributed by atoms with Crippen LogP contribution >= 0.6 is 0 Å². The molecule has 0 spiro atoms. The Kier molecular flexibility index (Phi) is 5.93. The summed E-state index contributed by atoms with van der Waals surface area (Å²) in [5, 5.41) is 5.97. The van der Waals surface area contributed by atoms with E-state index in [-0.39, 0.29) is 5.91 Å². The molecule has 1 fully saturated rings. The minimum atomic E-state index is -0.992. The predicted octanol–water partition coefficient (Wildman–Crippen LogP) is 1.73. The molecule has 0 saturated carbocycles. The zero-order valence-electron chi connectivity index (χ0n) is 15.2. The molecule has 1 heterocycles. The molecule has 7 heteroatoms. The van der Waals surface area contributed by atoms with Crippen molar-refractivity contribution in [3.63, 3.8) is 0 Å². The topological polar surface area (TPSA) is 85.9 Å². The number of methoxy groups -OCH3 is 2. The number of anilines is 1. The molecule has 3 atom stereocenters. The maximum Gasteiger partial charge on any atom is 0.338 e. The second kappa shape index (κ2) is 8.55. The van der Waals surface area contributed by atoms with Gasteiger partial charge in [0.1, 0.15) is 11.8 Å². The summed E-state index contributed by atoms with van der Waals surface area (Å²) in [5.41, 5.74) is 1.68. The molecule has 0 aromatic heterocycles. The lowest BCUT2D eigenvalue weighted by atomic mass is 10.1. The number of nitrogens with one attached hydrogen (secondary N) is 2. The average molecular weight is 370 g/mol. The highest BCUT2D eigenvalue weighted by Gasteiger charge is 2.48. The molecule has 0 unspecified atom stereocenters. The Labute approximate surface area is 157 Å². The third-order valence-corrected chi connectivity index (χ3v) is 4.37. The highest BCUT2D eigenvalue weighted by Crippen LogP contribution is 2.24. The molecule has 1 saturated heterocycles. The molecule has 2 aromatic carbocycles. The Morgan fingerprint density at radius 3 is 2.41 bits per heavy atom. The van der Waals surface area contributed by atoms with Gasteiger partial charge < -0.3 is 24.8 Å². The van der Waals surface area contributed by atoms with Crippen LogP contribution in [0.3, 0.4) is 0 Å². The maximum atomic E-state index is 12.6. The molecule has 7 nitrogen and oxygen atoms in total. The van der Waals surface area contributed by atoms with Gasteiger partial charge in [-0.2, -0.15) is 0 Å². The fourth-order valence-corrected chi connectivity index (χ4v) is 2.95. The zero-order chi connectivity index (χ0) is 19.2. The van der Waals surface area contributed by atoms with Crippen LogP contribution in [0.15, 0.2) is 54.6 Å². The van der Waals surface area contributed by atoms with E-state index in [4.69, 9.17) is 14.2 Å². The van der Waals surface area contributed by atoms with Crippen LogP contribution in [0, 0.1) is 0 Å². The summed E-state index contributed by atoms with van der Waals surface area (Å²) in [6.07, 6.45) is -1.87. The predicted molar refractivity (Wildman–Crippen MR) is 99.4 cm³/mol. The lowest BCUT2D eigenvalue weighted by Gasteiger charge is -2.22. The van der Waals surface area contributed by atoms with E-state index in [0.717, 1.165) is 11.3 Å². The van der Waals surface area contributed by atoms with Crippen LogP contribution in [0.25, 0.3) is 0 Å². The maximum absolute atomic E-state index is 12.6. The second-order valence-corrected chi connectivity index (χ2v) is 6.12. The fraction of sp³-hybridized carbons (Fsp3) is 0.300. The first kappa shape index (κ1) is 18.7. The fourth-order valence-electron chi connectivity index (χ4n) is 2.95. The van der Waals surface area contributed by atoms with Crippen molar-refractivity contribution >= 4 is 17.6 Å². The first-order valence-corrected chi connectivity index (χ1v) is 8.58. The Morgan fingerprint density at radius 1 is 1.07 bits per heavy atom. The number of esters is 1. The first-order chi connectivity index (χ1) is 13.1. The van der Waals surface area contributed by atoms with Crippen LogP contribution in [0.5, 0.6) is 5.75 Å². The molecule has 3 rings (SSSR count). The molecular weight excluding hydrogens is 348 g/mol. The van der Waals surface area contributed by atoms with Crippen molar-refractivity contribution in [1.82, 2.24) is 5.32 Å². The standard InChI is InChI=1S/C20H22N2O5/c1-25-15-10-8-14(9-11-15)22-16-17(27-20(24)18(16)26-2)19(23)21-12-13-6-4-3-5-7-13/h3-11,16-18,22H,12H2,1-2H3,(H,21,23)/t16-,17-,18+/m0/s1. The van der Waals surface area contributed by atoms with E-state index in [9.17, 15) is 9.59 Å². The molecule has 2 aromatic rings. The molecule has 0 bridgehead atoms. The van der Waals surface area contributed by atoms with Gasteiger partial charge in [0.2, 0.25) is 6.10 Å². The van der Waals surface area contributed by atoms with Gasteiger partial charge in [0, 0.05) is 19.3 Å². The number of hydrogen-bond acceptors (Lipinski definition) is 6. The Morgan fingerprint density at radius 2 is 1.78 bits per heavy atom. The minimum absolute atomic E-state index is 0.348. The smallest absolute Gasteiger partial charge is 0.338 e. The van der Waals surface area contributed by atoms with Crippen LogP contribution in [-0.4, -0.2) is 44.3 Å². The molecule has 142 valence electrons. The summed E-state index contributed by atoms with van der Waals surface area (Å²) in [6.45, 7) is 0.348. The van der Waals surface area contributed by atoms with E-state index < -0.39 is 24.2 Å². The first-order valence-electron chi connectivity index (χ1n) is 8.58. The number of amides is 1. The van der Waals surface area contributed by atoms with Gasteiger partial charge in [-0.25, -0.2) is 4.79 Å². The molecular formula is C20H22N2O5. The minimum Gasteiger partial charge on any atom is -0.497 e. The van der Waals surface area contributed by atoms with E-state index in [1.54, 1.807) is 31.4 Å². The molecule has 2 N–H and O–H groups in total. The summed E-state index contributed by atoms with van der Waals surface area (Å²) in [4.78, 5) is 24.7. The number of carbonyl (C=O) groups excluding carboxylic acids is 2. The number of benzene rings is 2. The van der Waals surface area contributed by atoms with Gasteiger partial charge in [-0.1, -0.05) is 30.3 Å². The lowest BCUT2D eigenvalue weighted by Crippen LogP contribution is -2.47. The molecule has 0 aliphatic carbocycles. The number of hydrogen-bond donors (Lipinski definition) is 2. The number of ether oxygens (including phenoxy) is 3. The van der Waals surface area contributed by atoms with Gasteiger partial charge in [-0.3, -0.25) is 4.79 Å². The lowest BCUT2D eigenvalue weighted by molar-refractivity contribution is -0.152. The number of cyclic esters (lactones) is 1. The van der Waals surface area contributed by atoms with Gasteiger partial charge in [-0.15, -0.1) is 0 Å². The second-order valence-electron chi connectivity index (χ2n) is 6.12. The van der Waals surface area contributed by atoms with Gasteiger partial charge in [-0.05, 0) is 29.8 Å². The van der Waals surface area contributed by atoms with Gasteiger partial charge in [0.15, 0.2) is 6.10 Å². The largest absolute Gasteiger partial charge is 0.497 e. The van der Waals surface area contributed by atoms with Gasteiger partial charge >= 0.3 is 5.97 Å². The summed E-state index contributed by atoms with van der Waals surface area (Å²) in [6, 6.07) is 16.0. The quantitative estimate of drug-likeness (QED) is 0.722. The third-order valence-electron chi connectivity index (χ3n) is 4.37. The van der Waals surface area contributed by atoms with E-state index in [1.165, 1.54) is 7.11 Å². The van der Waals surface area contributed by atoms with Crippen molar-refractivity contribution in [2.45, 2.75) is 24.8 Å². The van der Waals surface area contributed by atoms with Gasteiger partial charge in [0.25, 0.3) is 5.91 Å². The van der Waals surface area contributed by atoms with Crippen LogP contribution in [0.2, 0.25) is 0 Å². The summed E-state index contributed by atoms with van der Waals surface area (Å²) in [7, 11) is 3.00. The van der Waals surface area contributed by atoms with Crippen LogP contribution < -0.4 is 15.4 Å². The Bertz CT molecular complexity index is 779.